The van der Waals surface area contributed by atoms with Crippen LogP contribution in [0.2, 0.25) is 0 Å². The number of ether oxygens (including phenoxy) is 1. The van der Waals surface area contributed by atoms with E-state index >= 15 is 0 Å². The minimum Gasteiger partial charge on any atom is -0.496 e. The second-order valence-corrected chi connectivity index (χ2v) is 15.2. The van der Waals surface area contributed by atoms with E-state index in [4.69, 9.17) is 17.0 Å². The number of para-hydroxylation sites is 1. The normalized spacial score (nSPS) is 17.3. The van der Waals surface area contributed by atoms with Gasteiger partial charge in [0.2, 0.25) is 17.7 Å². The summed E-state index contributed by atoms with van der Waals surface area (Å²) in [5.74, 6) is -4.41. The predicted molar refractivity (Wildman–Crippen MR) is 215 cm³/mol. The van der Waals surface area contributed by atoms with Crippen molar-refractivity contribution in [2.45, 2.75) is 90.0 Å². The standard InChI is InChI=1S/C42H47F4N5O6S/c1-6-22(3)34(49-33(52)19-24-11-8-9-14-30(24)43)37(53)51-41(18-17-31-28(21-41)26-12-10-13-29(36(26)48-31)42(44,45)46)40(56)50-35(23(4)7-2)38(58)47-25-15-16-32(57-5)27(20-25)39(54)55/h8-16,20,22-23,34-35,48H,6-7,17-19,21H2,1-5H3,(H,47,58)(H,49,52)(H,50,56)(H,51,53)(H,54,55). The number of nitrogens with one attached hydrogen (secondary N) is 5. The summed E-state index contributed by atoms with van der Waals surface area (Å²) in [4.78, 5) is 57.6. The lowest BCUT2D eigenvalue weighted by molar-refractivity contribution is -0.137. The molecule has 5 rings (SSSR count). The molecule has 310 valence electrons. The molecule has 0 saturated heterocycles. The molecule has 0 spiro atoms. The average Bonchev–Trinajstić information content (AvgIpc) is 3.56. The zero-order valence-corrected chi connectivity index (χ0v) is 33.6. The summed E-state index contributed by atoms with van der Waals surface area (Å²) in [6.07, 6.45) is -4.19. The number of hydrogen-bond acceptors (Lipinski definition) is 6. The van der Waals surface area contributed by atoms with E-state index in [0.29, 0.717) is 29.8 Å². The topological polar surface area (TPSA) is 162 Å². The molecule has 0 fully saturated rings. The number of carboxylic acids is 1. The van der Waals surface area contributed by atoms with Gasteiger partial charge < -0.3 is 36.1 Å². The second-order valence-electron chi connectivity index (χ2n) is 14.8. The summed E-state index contributed by atoms with van der Waals surface area (Å²) in [7, 11) is 1.34. The van der Waals surface area contributed by atoms with E-state index < -0.39 is 64.8 Å². The largest absolute Gasteiger partial charge is 0.496 e. The monoisotopic (exact) mass is 825 g/mol. The first-order valence-electron chi connectivity index (χ1n) is 19.0. The molecule has 16 heteroatoms. The van der Waals surface area contributed by atoms with Crippen LogP contribution in [0.4, 0.5) is 23.2 Å². The van der Waals surface area contributed by atoms with Crippen molar-refractivity contribution >= 4 is 57.5 Å². The molecule has 0 bridgehead atoms. The number of carbonyl (C=O) groups is 4. The smallest absolute Gasteiger partial charge is 0.418 e. The zero-order chi connectivity index (χ0) is 42.5. The average molecular weight is 826 g/mol. The highest BCUT2D eigenvalue weighted by Gasteiger charge is 2.47. The first kappa shape index (κ1) is 43.6. The van der Waals surface area contributed by atoms with Gasteiger partial charge in [-0.25, -0.2) is 9.18 Å². The fourth-order valence-electron chi connectivity index (χ4n) is 7.27. The number of anilines is 1. The quantitative estimate of drug-likeness (QED) is 0.0546. The number of amides is 3. The maximum absolute atomic E-state index is 14.9. The number of H-pyrrole nitrogens is 1. The Hall–Kier alpha value is -5.51. The lowest BCUT2D eigenvalue weighted by Crippen LogP contribution is -2.67. The molecule has 4 aromatic rings. The molecular weight excluding hydrogens is 779 g/mol. The van der Waals surface area contributed by atoms with Crippen molar-refractivity contribution in [3.05, 3.63) is 94.4 Å². The molecule has 5 unspecified atom stereocenters. The zero-order valence-electron chi connectivity index (χ0n) is 32.7. The first-order chi connectivity index (χ1) is 27.4. The van der Waals surface area contributed by atoms with Gasteiger partial charge >= 0.3 is 12.1 Å². The third kappa shape index (κ3) is 9.43. The van der Waals surface area contributed by atoms with Gasteiger partial charge in [0.1, 0.15) is 33.7 Å². The van der Waals surface area contributed by atoms with Gasteiger partial charge in [0.05, 0.1) is 30.7 Å². The highest BCUT2D eigenvalue weighted by molar-refractivity contribution is 7.80. The van der Waals surface area contributed by atoms with Crippen LogP contribution in [0.25, 0.3) is 10.9 Å². The number of aromatic nitrogens is 1. The SMILES string of the molecule is CCC(C)C(NC(=O)Cc1ccccc1F)C(=O)NC1(C(=O)NC(C(=S)Nc2ccc(OC)c(C(=O)O)c2)C(C)CC)CCc2[nH]c3c(C(F)(F)F)cccc3c2C1. The Kier molecular flexibility index (Phi) is 13.5. The minimum atomic E-state index is -4.67. The maximum atomic E-state index is 14.9. The summed E-state index contributed by atoms with van der Waals surface area (Å²) < 4.78 is 62.0. The van der Waals surface area contributed by atoms with Gasteiger partial charge in [0.15, 0.2) is 0 Å². The Morgan fingerprint density at radius 2 is 1.66 bits per heavy atom. The number of aromatic carboxylic acids is 1. The van der Waals surface area contributed by atoms with Crippen LogP contribution in [0, 0.1) is 17.7 Å². The number of benzene rings is 3. The van der Waals surface area contributed by atoms with Crippen LogP contribution in [-0.4, -0.2) is 63.5 Å². The predicted octanol–water partition coefficient (Wildman–Crippen LogP) is 7.12. The van der Waals surface area contributed by atoms with Gasteiger partial charge in [-0.05, 0) is 66.1 Å². The summed E-state index contributed by atoms with van der Waals surface area (Å²) in [5.41, 5.74) is -1.51. The third-order valence-electron chi connectivity index (χ3n) is 11.0. The van der Waals surface area contributed by atoms with Crippen LogP contribution in [0.1, 0.15) is 79.7 Å². The maximum Gasteiger partial charge on any atom is 0.418 e. The second kappa shape index (κ2) is 18.0. The number of hydrogen-bond donors (Lipinski definition) is 6. The van der Waals surface area contributed by atoms with E-state index in [1.807, 2.05) is 20.8 Å². The van der Waals surface area contributed by atoms with E-state index in [2.05, 4.69) is 26.3 Å². The van der Waals surface area contributed by atoms with E-state index in [9.17, 15) is 41.8 Å². The lowest BCUT2D eigenvalue weighted by atomic mass is 9.78. The summed E-state index contributed by atoms with van der Waals surface area (Å²) in [6, 6.07) is 11.9. The van der Waals surface area contributed by atoms with Crippen LogP contribution in [-0.2, 0) is 39.8 Å². The molecule has 0 aliphatic heterocycles. The lowest BCUT2D eigenvalue weighted by Gasteiger charge is -2.40. The van der Waals surface area contributed by atoms with Gasteiger partial charge in [0.25, 0.3) is 0 Å². The van der Waals surface area contributed by atoms with Crippen LogP contribution < -0.4 is 26.0 Å². The van der Waals surface area contributed by atoms with Crippen molar-refractivity contribution in [3.63, 3.8) is 0 Å². The number of alkyl halides is 3. The molecular formula is C42H47F4N5O6S. The molecule has 1 aromatic heterocycles. The number of aromatic amines is 1. The number of halogens is 4. The summed E-state index contributed by atoms with van der Waals surface area (Å²) in [6.45, 7) is 7.30. The molecule has 58 heavy (non-hydrogen) atoms. The number of carboxylic acid groups (broad SMARTS) is 1. The summed E-state index contributed by atoms with van der Waals surface area (Å²) >= 11 is 5.80. The van der Waals surface area contributed by atoms with E-state index in [1.165, 1.54) is 49.6 Å². The highest BCUT2D eigenvalue weighted by Crippen LogP contribution is 2.40. The molecule has 1 aliphatic carbocycles. The Bertz CT molecular complexity index is 2210. The number of rotatable bonds is 15. The van der Waals surface area contributed by atoms with E-state index in [0.717, 1.165) is 6.07 Å². The Morgan fingerprint density at radius 1 is 0.966 bits per heavy atom. The first-order valence-corrected chi connectivity index (χ1v) is 19.4. The van der Waals surface area contributed by atoms with Crippen LogP contribution in [0.3, 0.4) is 0 Å². The minimum absolute atomic E-state index is 0.0317. The van der Waals surface area contributed by atoms with Crippen molar-refractivity contribution in [1.82, 2.24) is 20.9 Å². The van der Waals surface area contributed by atoms with Gasteiger partial charge in [-0.15, -0.1) is 0 Å². The molecule has 0 saturated carbocycles. The van der Waals surface area contributed by atoms with Crippen LogP contribution >= 0.6 is 12.2 Å². The van der Waals surface area contributed by atoms with Gasteiger partial charge in [-0.3, -0.25) is 14.4 Å². The van der Waals surface area contributed by atoms with Crippen LogP contribution in [0.5, 0.6) is 5.75 Å². The van der Waals surface area contributed by atoms with E-state index in [1.54, 1.807) is 19.1 Å². The molecule has 1 aliphatic rings. The number of methoxy groups -OCH3 is 1. The van der Waals surface area contributed by atoms with Crippen LogP contribution in [0.15, 0.2) is 60.7 Å². The molecule has 3 aromatic carbocycles. The molecule has 6 N–H and O–H groups in total. The fraction of sp³-hybridized carbons (Fsp3) is 0.405. The Morgan fingerprint density at radius 3 is 2.29 bits per heavy atom. The van der Waals surface area contributed by atoms with Crippen molar-refractivity contribution in [3.8, 4) is 5.75 Å². The number of thiocarbonyl (C=S) groups is 1. The number of fused-ring (bicyclic) bond motifs is 3. The van der Waals surface area contributed by atoms with Gasteiger partial charge in [-0.2, -0.15) is 13.2 Å². The molecule has 1 heterocycles. The third-order valence-corrected chi connectivity index (χ3v) is 11.4. The Balaban J connectivity index is 1.52. The summed E-state index contributed by atoms with van der Waals surface area (Å²) in [5, 5.41) is 21.7. The number of carbonyl (C=O) groups excluding carboxylic acids is 3. The van der Waals surface area contributed by atoms with Gasteiger partial charge in [0, 0.05) is 23.2 Å². The number of aryl methyl sites for hydroxylation is 1. The fourth-order valence-corrected chi connectivity index (χ4v) is 7.68. The van der Waals surface area contributed by atoms with E-state index in [-0.39, 0.29) is 64.4 Å². The van der Waals surface area contributed by atoms with Crippen molar-refractivity contribution in [1.29, 1.82) is 0 Å². The van der Waals surface area contributed by atoms with Gasteiger partial charge in [-0.1, -0.05) is 83.1 Å². The molecule has 0 radical (unpaired) electrons. The molecule has 3 amide bonds. The van der Waals surface area contributed by atoms with Crippen molar-refractivity contribution < 1.29 is 46.6 Å². The molecule has 5 atom stereocenters. The molecule has 11 nitrogen and oxygen atoms in total. The van der Waals surface area contributed by atoms with Crippen molar-refractivity contribution in [2.24, 2.45) is 11.8 Å². The highest BCUT2D eigenvalue weighted by atomic mass is 32.1. The Labute approximate surface area is 338 Å². The van der Waals surface area contributed by atoms with Crippen molar-refractivity contribution in [2.75, 3.05) is 12.4 Å².